The number of ether oxygens (including phenoxy) is 2. The number of nitrogens with one attached hydrogen (secondary N) is 2. The predicted molar refractivity (Wildman–Crippen MR) is 115 cm³/mol. The van der Waals surface area contributed by atoms with Crippen LogP contribution in [0, 0.1) is 0 Å². The molecule has 2 aromatic carbocycles. The van der Waals surface area contributed by atoms with Gasteiger partial charge in [-0.25, -0.2) is 0 Å². The summed E-state index contributed by atoms with van der Waals surface area (Å²) in [4.78, 5) is 27.0. The van der Waals surface area contributed by atoms with Crippen molar-refractivity contribution < 1.29 is 19.1 Å². The summed E-state index contributed by atoms with van der Waals surface area (Å²) in [6, 6.07) is 17.3. The van der Waals surface area contributed by atoms with Crippen LogP contribution in [-0.4, -0.2) is 63.2 Å². The van der Waals surface area contributed by atoms with E-state index in [2.05, 4.69) is 27.7 Å². The summed E-state index contributed by atoms with van der Waals surface area (Å²) in [6.45, 7) is 3.85. The second kappa shape index (κ2) is 11.3. The molecule has 1 saturated heterocycles. The van der Waals surface area contributed by atoms with Gasteiger partial charge in [-0.05, 0) is 17.7 Å². The van der Waals surface area contributed by atoms with Gasteiger partial charge in [-0.3, -0.25) is 14.5 Å². The van der Waals surface area contributed by atoms with Crippen LogP contribution in [0.4, 0.5) is 0 Å². The van der Waals surface area contributed by atoms with E-state index in [0.717, 1.165) is 13.1 Å². The maximum absolute atomic E-state index is 12.4. The number of methoxy groups -OCH3 is 1. The highest BCUT2D eigenvalue weighted by Crippen LogP contribution is 2.21. The first-order chi connectivity index (χ1) is 14.7. The normalized spacial score (nSPS) is 15.2. The van der Waals surface area contributed by atoms with E-state index in [1.54, 1.807) is 24.3 Å². The van der Waals surface area contributed by atoms with Gasteiger partial charge < -0.3 is 20.1 Å². The van der Waals surface area contributed by atoms with E-state index < -0.39 is 0 Å². The largest absolute Gasteiger partial charge is 0.496 e. The van der Waals surface area contributed by atoms with Gasteiger partial charge in [-0.2, -0.15) is 0 Å². The highest BCUT2D eigenvalue weighted by Gasteiger charge is 2.23. The Labute approximate surface area is 177 Å². The van der Waals surface area contributed by atoms with Crippen molar-refractivity contribution >= 4 is 11.8 Å². The molecule has 0 spiro atoms. The molecule has 160 valence electrons. The van der Waals surface area contributed by atoms with Crippen LogP contribution >= 0.6 is 0 Å². The summed E-state index contributed by atoms with van der Waals surface area (Å²) in [7, 11) is 1.52. The molecule has 30 heavy (non-hydrogen) atoms. The fourth-order valence-corrected chi connectivity index (χ4v) is 3.54. The maximum Gasteiger partial charge on any atom is 0.255 e. The number of benzene rings is 2. The Kier molecular flexibility index (Phi) is 8.23. The van der Waals surface area contributed by atoms with Crippen LogP contribution in [0.3, 0.4) is 0 Å². The number of hydrogen-bond donors (Lipinski definition) is 2. The van der Waals surface area contributed by atoms with Gasteiger partial charge in [-0.1, -0.05) is 42.5 Å². The number of rotatable bonds is 9. The lowest BCUT2D eigenvalue weighted by Gasteiger charge is -2.35. The Morgan fingerprint density at radius 2 is 1.73 bits per heavy atom. The molecule has 1 atom stereocenters. The lowest BCUT2D eigenvalue weighted by atomic mass is 10.0. The Morgan fingerprint density at radius 1 is 1.03 bits per heavy atom. The smallest absolute Gasteiger partial charge is 0.255 e. The summed E-state index contributed by atoms with van der Waals surface area (Å²) >= 11 is 0. The fourth-order valence-electron chi connectivity index (χ4n) is 3.54. The van der Waals surface area contributed by atoms with Gasteiger partial charge in [0.25, 0.3) is 5.91 Å². The van der Waals surface area contributed by atoms with Gasteiger partial charge in [0.15, 0.2) is 0 Å². The van der Waals surface area contributed by atoms with E-state index in [-0.39, 0.29) is 30.8 Å². The number of carbonyl (C=O) groups excluding carboxylic acids is 2. The van der Waals surface area contributed by atoms with Crippen molar-refractivity contribution in [3.05, 3.63) is 65.7 Å². The predicted octanol–water partition coefficient (Wildman–Crippen LogP) is 2.00. The van der Waals surface area contributed by atoms with Gasteiger partial charge in [0.1, 0.15) is 5.75 Å². The van der Waals surface area contributed by atoms with Gasteiger partial charge in [-0.15, -0.1) is 0 Å². The summed E-state index contributed by atoms with van der Waals surface area (Å²) in [5.74, 6) is 0.163. The van der Waals surface area contributed by atoms with Crippen molar-refractivity contribution in [1.82, 2.24) is 15.5 Å². The van der Waals surface area contributed by atoms with Crippen molar-refractivity contribution in [2.75, 3.05) is 46.5 Å². The van der Waals surface area contributed by atoms with Crippen LogP contribution in [-0.2, 0) is 9.53 Å². The number of hydrogen-bond acceptors (Lipinski definition) is 5. The zero-order valence-electron chi connectivity index (χ0n) is 17.3. The molecule has 1 aliphatic rings. The zero-order valence-corrected chi connectivity index (χ0v) is 17.3. The molecule has 2 N–H and O–H groups in total. The van der Waals surface area contributed by atoms with Gasteiger partial charge in [0.05, 0.1) is 31.9 Å². The Hall–Kier alpha value is -2.90. The monoisotopic (exact) mass is 411 g/mol. The first kappa shape index (κ1) is 21.8. The van der Waals surface area contributed by atoms with Crippen molar-refractivity contribution in [2.45, 2.75) is 12.5 Å². The number of morpholine rings is 1. The zero-order chi connectivity index (χ0) is 21.2. The SMILES string of the molecule is COc1ccccc1C(=O)NCCC(=O)NCC(c1ccccc1)N1CCOCC1. The molecule has 0 saturated carbocycles. The van der Waals surface area contributed by atoms with E-state index in [4.69, 9.17) is 9.47 Å². The fraction of sp³-hybridized carbons (Fsp3) is 0.391. The van der Waals surface area contributed by atoms with Crippen LogP contribution < -0.4 is 15.4 Å². The Morgan fingerprint density at radius 3 is 2.47 bits per heavy atom. The first-order valence-corrected chi connectivity index (χ1v) is 10.2. The van der Waals surface area contributed by atoms with Crippen molar-refractivity contribution in [2.24, 2.45) is 0 Å². The van der Waals surface area contributed by atoms with Crippen LogP contribution in [0.5, 0.6) is 5.75 Å². The molecular formula is C23H29N3O4. The molecule has 0 aromatic heterocycles. The number of amides is 2. The quantitative estimate of drug-likeness (QED) is 0.660. The summed E-state index contributed by atoms with van der Waals surface area (Å²) in [5, 5.41) is 5.80. The van der Waals surface area contributed by atoms with Crippen LogP contribution in [0.1, 0.15) is 28.4 Å². The van der Waals surface area contributed by atoms with Crippen LogP contribution in [0.2, 0.25) is 0 Å². The molecule has 0 aliphatic carbocycles. The standard InChI is InChI=1S/C23H29N3O4/c1-29-21-10-6-5-9-19(21)23(28)24-12-11-22(27)25-17-20(18-7-3-2-4-8-18)26-13-15-30-16-14-26/h2-10,20H,11-17H2,1H3,(H,24,28)(H,25,27). The van der Waals surface area contributed by atoms with Crippen molar-refractivity contribution in [1.29, 1.82) is 0 Å². The first-order valence-electron chi connectivity index (χ1n) is 10.2. The topological polar surface area (TPSA) is 79.9 Å². The Balaban J connectivity index is 1.49. The minimum Gasteiger partial charge on any atom is -0.496 e. The van der Waals surface area contributed by atoms with Crippen LogP contribution in [0.25, 0.3) is 0 Å². The van der Waals surface area contributed by atoms with Crippen LogP contribution in [0.15, 0.2) is 54.6 Å². The highest BCUT2D eigenvalue weighted by atomic mass is 16.5. The number of carbonyl (C=O) groups is 2. The Bertz CT molecular complexity index is 822. The molecule has 7 heteroatoms. The second-order valence-electron chi connectivity index (χ2n) is 7.09. The minimum absolute atomic E-state index is 0.0930. The van der Waals surface area contributed by atoms with Gasteiger partial charge >= 0.3 is 0 Å². The van der Waals surface area contributed by atoms with E-state index >= 15 is 0 Å². The molecule has 1 aliphatic heterocycles. The lowest BCUT2D eigenvalue weighted by Crippen LogP contribution is -2.44. The molecule has 7 nitrogen and oxygen atoms in total. The third-order valence-corrected chi connectivity index (χ3v) is 5.15. The van der Waals surface area contributed by atoms with E-state index in [1.165, 1.54) is 12.7 Å². The van der Waals surface area contributed by atoms with Gasteiger partial charge in [0.2, 0.25) is 5.91 Å². The number of para-hydroxylation sites is 1. The molecule has 1 fully saturated rings. The average molecular weight is 412 g/mol. The lowest BCUT2D eigenvalue weighted by molar-refractivity contribution is -0.121. The molecule has 2 aromatic rings. The summed E-state index contributed by atoms with van der Waals surface area (Å²) < 4.78 is 10.7. The van der Waals surface area contributed by atoms with E-state index in [1.807, 2.05) is 18.2 Å². The highest BCUT2D eigenvalue weighted by molar-refractivity contribution is 5.97. The van der Waals surface area contributed by atoms with Crippen molar-refractivity contribution in [3.63, 3.8) is 0 Å². The van der Waals surface area contributed by atoms with Crippen molar-refractivity contribution in [3.8, 4) is 5.75 Å². The third-order valence-electron chi connectivity index (χ3n) is 5.15. The third kappa shape index (κ3) is 6.05. The second-order valence-corrected chi connectivity index (χ2v) is 7.09. The molecule has 0 radical (unpaired) electrons. The molecule has 1 heterocycles. The molecule has 2 amide bonds. The molecule has 3 rings (SSSR count). The van der Waals surface area contributed by atoms with Gasteiger partial charge in [0, 0.05) is 32.6 Å². The summed E-state index contributed by atoms with van der Waals surface area (Å²) in [6.07, 6.45) is 0.214. The molecular weight excluding hydrogens is 382 g/mol. The molecule has 0 bridgehead atoms. The number of nitrogens with zero attached hydrogens (tertiary/aromatic N) is 1. The maximum atomic E-state index is 12.4. The molecule has 1 unspecified atom stereocenters. The summed E-state index contributed by atoms with van der Waals surface area (Å²) in [5.41, 5.74) is 1.63. The average Bonchev–Trinajstić information content (AvgIpc) is 2.80. The van der Waals surface area contributed by atoms with E-state index in [9.17, 15) is 9.59 Å². The minimum atomic E-state index is -0.254. The van der Waals surface area contributed by atoms with E-state index in [0.29, 0.717) is 31.1 Å².